The molecule has 0 unspecified atom stereocenters. The standard InChI is InChI=1S/C19H33N3O2/c23-18(20-11-15-21-12-5-2-6-13-21)17-10-7-14-22(17)19(24)16-8-3-1-4-9-16/h16-17H,1-15H2,(H,20,23)/t17-/m1/s1. The Kier molecular flexibility index (Phi) is 6.52. The van der Waals surface area contributed by atoms with Crippen LogP contribution in [0, 0.1) is 5.92 Å². The van der Waals surface area contributed by atoms with Crippen LogP contribution in [0.1, 0.15) is 64.2 Å². The fourth-order valence-corrected chi connectivity index (χ4v) is 4.53. The monoisotopic (exact) mass is 335 g/mol. The summed E-state index contributed by atoms with van der Waals surface area (Å²) in [6.45, 7) is 4.73. The smallest absolute Gasteiger partial charge is 0.242 e. The first-order chi connectivity index (χ1) is 11.8. The van der Waals surface area contributed by atoms with Crippen molar-refractivity contribution in [3.8, 4) is 0 Å². The molecule has 1 atom stereocenters. The van der Waals surface area contributed by atoms with Crippen molar-refractivity contribution >= 4 is 11.8 Å². The van der Waals surface area contributed by atoms with Gasteiger partial charge in [0.05, 0.1) is 0 Å². The Hall–Kier alpha value is -1.10. The van der Waals surface area contributed by atoms with E-state index in [0.29, 0.717) is 6.54 Å². The molecule has 3 fully saturated rings. The molecule has 1 aliphatic carbocycles. The van der Waals surface area contributed by atoms with Gasteiger partial charge in [0, 0.05) is 25.6 Å². The minimum absolute atomic E-state index is 0.0636. The van der Waals surface area contributed by atoms with Gasteiger partial charge in [-0.05, 0) is 51.6 Å². The lowest BCUT2D eigenvalue weighted by molar-refractivity contribution is -0.142. The van der Waals surface area contributed by atoms with Crippen LogP contribution in [-0.4, -0.2) is 60.4 Å². The maximum atomic E-state index is 12.8. The van der Waals surface area contributed by atoms with E-state index in [9.17, 15) is 9.59 Å². The molecule has 0 aromatic rings. The summed E-state index contributed by atoms with van der Waals surface area (Å²) in [5.41, 5.74) is 0. The number of rotatable bonds is 5. The van der Waals surface area contributed by atoms with Gasteiger partial charge >= 0.3 is 0 Å². The molecule has 2 amide bonds. The molecule has 24 heavy (non-hydrogen) atoms. The highest BCUT2D eigenvalue weighted by molar-refractivity contribution is 5.89. The van der Waals surface area contributed by atoms with Crippen molar-refractivity contribution in [1.29, 1.82) is 0 Å². The summed E-state index contributed by atoms with van der Waals surface area (Å²) < 4.78 is 0. The molecule has 0 bridgehead atoms. The van der Waals surface area contributed by atoms with Crippen molar-refractivity contribution in [2.24, 2.45) is 5.92 Å². The van der Waals surface area contributed by atoms with Crippen LogP contribution in [-0.2, 0) is 9.59 Å². The molecule has 5 heteroatoms. The van der Waals surface area contributed by atoms with Crippen LogP contribution in [0.25, 0.3) is 0 Å². The van der Waals surface area contributed by atoms with E-state index in [4.69, 9.17) is 0 Å². The molecule has 2 aliphatic heterocycles. The largest absolute Gasteiger partial charge is 0.353 e. The van der Waals surface area contributed by atoms with Crippen molar-refractivity contribution in [1.82, 2.24) is 15.1 Å². The molecule has 5 nitrogen and oxygen atoms in total. The maximum absolute atomic E-state index is 12.8. The number of nitrogens with zero attached hydrogens (tertiary/aromatic N) is 2. The number of hydrogen-bond acceptors (Lipinski definition) is 3. The van der Waals surface area contributed by atoms with Crippen LogP contribution >= 0.6 is 0 Å². The molecule has 0 spiro atoms. The van der Waals surface area contributed by atoms with E-state index < -0.39 is 0 Å². The van der Waals surface area contributed by atoms with Crippen LogP contribution in [0.5, 0.6) is 0 Å². The van der Waals surface area contributed by atoms with E-state index in [1.165, 1.54) is 25.7 Å². The van der Waals surface area contributed by atoms with Gasteiger partial charge in [-0.2, -0.15) is 0 Å². The molecule has 1 N–H and O–H groups in total. The molecule has 136 valence electrons. The van der Waals surface area contributed by atoms with Crippen LogP contribution in [0.15, 0.2) is 0 Å². The highest BCUT2D eigenvalue weighted by Crippen LogP contribution is 2.28. The number of carbonyl (C=O) groups excluding carboxylic acids is 2. The summed E-state index contributed by atoms with van der Waals surface area (Å²) in [6.07, 6.45) is 11.3. The van der Waals surface area contributed by atoms with Crippen LogP contribution in [0.3, 0.4) is 0 Å². The highest BCUT2D eigenvalue weighted by Gasteiger charge is 2.37. The topological polar surface area (TPSA) is 52.7 Å². The number of likely N-dealkylation sites (tertiary alicyclic amines) is 2. The van der Waals surface area contributed by atoms with E-state index in [0.717, 1.165) is 64.7 Å². The Morgan fingerprint density at radius 3 is 2.29 bits per heavy atom. The van der Waals surface area contributed by atoms with Crippen molar-refractivity contribution in [2.45, 2.75) is 70.3 Å². The number of piperidine rings is 1. The first kappa shape index (κ1) is 17.7. The first-order valence-electron chi connectivity index (χ1n) is 10.1. The van der Waals surface area contributed by atoms with Crippen LogP contribution < -0.4 is 5.32 Å². The van der Waals surface area contributed by atoms with Gasteiger partial charge in [0.25, 0.3) is 0 Å². The molecule has 0 aromatic carbocycles. The average molecular weight is 335 g/mol. The summed E-state index contributed by atoms with van der Waals surface area (Å²) in [5.74, 6) is 0.470. The Labute approximate surface area is 146 Å². The minimum atomic E-state index is -0.221. The zero-order chi connectivity index (χ0) is 16.8. The second-order valence-corrected chi connectivity index (χ2v) is 7.72. The van der Waals surface area contributed by atoms with Crippen LogP contribution in [0.2, 0.25) is 0 Å². The second-order valence-electron chi connectivity index (χ2n) is 7.72. The zero-order valence-corrected chi connectivity index (χ0v) is 15.0. The van der Waals surface area contributed by atoms with E-state index >= 15 is 0 Å². The number of hydrogen-bond donors (Lipinski definition) is 1. The summed E-state index contributed by atoms with van der Waals surface area (Å²) in [6, 6.07) is -0.221. The van der Waals surface area contributed by atoms with E-state index in [-0.39, 0.29) is 23.8 Å². The van der Waals surface area contributed by atoms with Gasteiger partial charge in [0.15, 0.2) is 0 Å². The lowest BCUT2D eigenvalue weighted by Crippen LogP contribution is -2.49. The summed E-state index contributed by atoms with van der Waals surface area (Å²) in [7, 11) is 0. The Balaban J connectivity index is 1.45. The predicted molar refractivity (Wildman–Crippen MR) is 94.6 cm³/mol. The van der Waals surface area contributed by atoms with Gasteiger partial charge in [-0.1, -0.05) is 25.7 Å². The minimum Gasteiger partial charge on any atom is -0.353 e. The van der Waals surface area contributed by atoms with E-state index in [1.54, 1.807) is 0 Å². The van der Waals surface area contributed by atoms with Gasteiger partial charge in [0.2, 0.25) is 11.8 Å². The van der Waals surface area contributed by atoms with E-state index in [2.05, 4.69) is 10.2 Å². The maximum Gasteiger partial charge on any atom is 0.242 e. The summed E-state index contributed by atoms with van der Waals surface area (Å²) in [4.78, 5) is 29.7. The molecule has 1 saturated carbocycles. The number of nitrogens with one attached hydrogen (secondary N) is 1. The molecule has 2 heterocycles. The fraction of sp³-hybridized carbons (Fsp3) is 0.895. The predicted octanol–water partition coefficient (Wildman–Crippen LogP) is 2.16. The number of carbonyl (C=O) groups is 2. The van der Waals surface area contributed by atoms with Crippen molar-refractivity contribution in [3.05, 3.63) is 0 Å². The summed E-state index contributed by atoms with van der Waals surface area (Å²) >= 11 is 0. The Bertz CT molecular complexity index is 428. The molecule has 3 aliphatic rings. The van der Waals surface area contributed by atoms with Gasteiger partial charge in [0.1, 0.15) is 6.04 Å². The normalized spacial score (nSPS) is 26.5. The molecule has 0 radical (unpaired) electrons. The van der Waals surface area contributed by atoms with Crippen molar-refractivity contribution < 1.29 is 9.59 Å². The van der Waals surface area contributed by atoms with Gasteiger partial charge in [-0.15, -0.1) is 0 Å². The SMILES string of the molecule is O=C(NCCN1CCCCC1)[C@H]1CCCN1C(=O)C1CCCCC1. The quantitative estimate of drug-likeness (QED) is 0.838. The molecule has 2 saturated heterocycles. The Morgan fingerprint density at radius 1 is 0.833 bits per heavy atom. The average Bonchev–Trinajstić information content (AvgIpc) is 3.12. The van der Waals surface area contributed by atoms with Gasteiger partial charge in [-0.3, -0.25) is 9.59 Å². The van der Waals surface area contributed by atoms with Crippen LogP contribution in [0.4, 0.5) is 0 Å². The van der Waals surface area contributed by atoms with Gasteiger partial charge in [-0.25, -0.2) is 0 Å². The highest BCUT2D eigenvalue weighted by atomic mass is 16.2. The zero-order valence-electron chi connectivity index (χ0n) is 15.0. The third-order valence-corrected chi connectivity index (χ3v) is 5.97. The molecule has 3 rings (SSSR count). The molecular formula is C19H33N3O2. The second kappa shape index (κ2) is 8.84. The molecule has 0 aromatic heterocycles. The fourth-order valence-electron chi connectivity index (χ4n) is 4.53. The van der Waals surface area contributed by atoms with E-state index in [1.807, 2.05) is 4.90 Å². The lowest BCUT2D eigenvalue weighted by Gasteiger charge is -2.30. The lowest BCUT2D eigenvalue weighted by atomic mass is 9.88. The van der Waals surface area contributed by atoms with Gasteiger partial charge < -0.3 is 15.1 Å². The van der Waals surface area contributed by atoms with Crippen molar-refractivity contribution in [2.75, 3.05) is 32.7 Å². The first-order valence-corrected chi connectivity index (χ1v) is 10.1. The van der Waals surface area contributed by atoms with Crippen molar-refractivity contribution in [3.63, 3.8) is 0 Å². The molecular weight excluding hydrogens is 302 g/mol. The third-order valence-electron chi connectivity index (χ3n) is 5.97. The summed E-state index contributed by atoms with van der Waals surface area (Å²) in [5, 5.41) is 3.09. The third kappa shape index (κ3) is 4.50. The Morgan fingerprint density at radius 2 is 1.54 bits per heavy atom. The number of amides is 2.